The summed E-state index contributed by atoms with van der Waals surface area (Å²) in [6.07, 6.45) is 4.49. The zero-order valence-electron chi connectivity index (χ0n) is 40.7. The lowest BCUT2D eigenvalue weighted by atomic mass is 10.0. The second kappa shape index (κ2) is 27.8. The number of carboxylic acids is 1. The molecule has 5 rings (SSSR count). The normalized spacial score (nSPS) is 13.5. The van der Waals surface area contributed by atoms with Crippen LogP contribution in [0.25, 0.3) is 10.9 Å². The number of para-hydroxylation sites is 1. The number of aliphatic carboxylic acids is 1. The Hall–Kier alpha value is -8.64. The van der Waals surface area contributed by atoms with Crippen LogP contribution in [0, 0.1) is 5.92 Å². The minimum absolute atomic E-state index is 0.000886. The average molecular weight is 1020 g/mol. The number of aromatic hydroxyl groups is 1. The van der Waals surface area contributed by atoms with Gasteiger partial charge < -0.3 is 73.6 Å². The Morgan fingerprint density at radius 1 is 0.581 bits per heavy atom. The number of H-pyrrole nitrogens is 2. The Morgan fingerprint density at radius 3 is 1.74 bits per heavy atom. The molecule has 0 fully saturated rings. The fourth-order valence-electron chi connectivity index (χ4n) is 7.62. The molecule has 8 amide bonds. The van der Waals surface area contributed by atoms with E-state index in [1.807, 2.05) is 0 Å². The average Bonchev–Trinajstić information content (AvgIpc) is 4.05. The van der Waals surface area contributed by atoms with Crippen molar-refractivity contribution in [1.82, 2.24) is 57.5 Å². The third kappa shape index (κ3) is 17.9. The van der Waals surface area contributed by atoms with Crippen molar-refractivity contribution in [2.75, 3.05) is 26.2 Å². The number of aromatic amines is 2. The molecule has 3 aromatic carbocycles. The highest BCUT2D eigenvalue weighted by Gasteiger charge is 2.32. The molecular formula is C50H62N12O12. The fraction of sp³-hybridized carbons (Fsp3) is 0.360. The van der Waals surface area contributed by atoms with Crippen molar-refractivity contribution in [3.8, 4) is 5.75 Å². The number of aliphatic hydroxyl groups is 1. The van der Waals surface area contributed by atoms with Gasteiger partial charge in [0.15, 0.2) is 0 Å². The van der Waals surface area contributed by atoms with Crippen molar-refractivity contribution in [3.63, 3.8) is 0 Å². The van der Waals surface area contributed by atoms with E-state index in [1.165, 1.54) is 36.8 Å². The van der Waals surface area contributed by atoms with Gasteiger partial charge in [-0.2, -0.15) is 0 Å². The first kappa shape index (κ1) is 56.3. The Morgan fingerprint density at radius 2 is 1.12 bits per heavy atom. The van der Waals surface area contributed by atoms with Gasteiger partial charge in [0.1, 0.15) is 36.0 Å². The monoisotopic (exact) mass is 1020 g/mol. The number of aliphatic hydroxyl groups excluding tert-OH is 1. The summed E-state index contributed by atoms with van der Waals surface area (Å²) in [7, 11) is 0. The van der Waals surface area contributed by atoms with Gasteiger partial charge in [0.05, 0.1) is 38.6 Å². The van der Waals surface area contributed by atoms with Crippen LogP contribution < -0.4 is 48.3 Å². The van der Waals surface area contributed by atoms with Crippen LogP contribution in [0.5, 0.6) is 5.75 Å². The van der Waals surface area contributed by atoms with Gasteiger partial charge in [-0.05, 0) is 47.2 Å². The first-order valence-electron chi connectivity index (χ1n) is 23.6. The molecule has 5 aromatic rings. The number of phenolic OH excluding ortho intramolecular Hbond substituents is 1. The molecule has 0 saturated carbocycles. The summed E-state index contributed by atoms with van der Waals surface area (Å²) in [6.45, 7) is 0.695. The molecule has 2 aromatic heterocycles. The fourth-order valence-corrected chi connectivity index (χ4v) is 7.62. The zero-order chi connectivity index (χ0) is 53.7. The predicted molar refractivity (Wildman–Crippen MR) is 267 cm³/mol. The highest BCUT2D eigenvalue weighted by molar-refractivity contribution is 5.97. The second-order valence-corrected chi connectivity index (χ2v) is 17.8. The van der Waals surface area contributed by atoms with Crippen molar-refractivity contribution in [1.29, 1.82) is 0 Å². The number of fused-ring (bicyclic) bond motifs is 1. The van der Waals surface area contributed by atoms with E-state index in [0.29, 0.717) is 22.4 Å². The molecule has 394 valence electrons. The van der Waals surface area contributed by atoms with E-state index in [-0.39, 0.29) is 43.8 Å². The van der Waals surface area contributed by atoms with E-state index in [0.717, 1.165) is 10.9 Å². The molecular weight excluding hydrogens is 961 g/mol. The molecule has 15 N–H and O–H groups in total. The number of nitrogens with two attached hydrogens (primary N) is 1. The number of amides is 8. The minimum Gasteiger partial charge on any atom is -0.508 e. The summed E-state index contributed by atoms with van der Waals surface area (Å²) in [5.41, 5.74) is 9.04. The number of nitrogens with zero attached hydrogens (tertiary/aromatic N) is 1. The van der Waals surface area contributed by atoms with Crippen LogP contribution in [0.2, 0.25) is 0 Å². The minimum atomic E-state index is -1.69. The number of nitrogens with one attached hydrogen (secondary N) is 10. The molecule has 0 bridgehead atoms. The number of carbonyl (C=O) groups excluding carboxylic acids is 8. The summed E-state index contributed by atoms with van der Waals surface area (Å²) in [6, 6.07) is 13.5. The molecule has 0 aliphatic heterocycles. The van der Waals surface area contributed by atoms with E-state index < -0.39 is 116 Å². The first-order chi connectivity index (χ1) is 35.4. The van der Waals surface area contributed by atoms with Gasteiger partial charge in [-0.1, -0.05) is 74.5 Å². The van der Waals surface area contributed by atoms with Gasteiger partial charge in [-0.3, -0.25) is 38.4 Å². The zero-order valence-corrected chi connectivity index (χ0v) is 40.7. The summed E-state index contributed by atoms with van der Waals surface area (Å²) in [5, 5.41) is 50.3. The third-order valence-electron chi connectivity index (χ3n) is 11.5. The number of hydrogen-bond acceptors (Lipinski definition) is 13. The SMILES string of the molecule is CC(C)C[C@H](NC(=O)[C@H](Cc1ccccc1)NC(=O)CNC(=O)CNC(=O)[C@H](Cc1ccc(O)cc1)NC(=O)[C@H](CO)NC(=O)[C@H](Cc1c[nH]c2ccccc12)NC(=O)CNC(=O)[C@@H](N)Cc1cnc[nH]1)C(=O)O. The van der Waals surface area contributed by atoms with Crippen LogP contribution in [0.15, 0.2) is 97.6 Å². The number of aromatic nitrogens is 3. The predicted octanol–water partition coefficient (Wildman–Crippen LogP) is -1.91. The molecule has 0 unspecified atom stereocenters. The highest BCUT2D eigenvalue weighted by Crippen LogP contribution is 2.20. The van der Waals surface area contributed by atoms with Crippen LogP contribution in [0.3, 0.4) is 0 Å². The molecule has 0 aliphatic rings. The van der Waals surface area contributed by atoms with Crippen LogP contribution in [-0.4, -0.2) is 146 Å². The standard InChI is InChI=1S/C50H62N12O12/c1-28(2)16-40(50(73)74)61-47(70)38(17-29-8-4-3-5-9-29)58-43(66)24-54-42(65)23-56-46(69)37(18-30-12-14-33(64)15-13-30)60-49(72)41(26-63)62-48(71)39(19-31-21-53-36-11-7-6-10-34(31)36)59-44(67)25-55-45(68)35(51)20-32-22-52-27-57-32/h3-15,21-22,27-28,35,37-41,53,63-64H,16-20,23-26,51H2,1-2H3,(H,52,57)(H,54,65)(H,55,68)(H,56,69)(H,58,66)(H,59,67)(H,60,72)(H,61,70)(H,62,71)(H,73,74)/t35-,37-,38-,39-,40-,41-/m0/s1. The van der Waals surface area contributed by atoms with Gasteiger partial charge in [0.2, 0.25) is 47.3 Å². The molecule has 6 atom stereocenters. The number of imidazole rings is 1. The number of carboxylic acid groups (broad SMARTS) is 1. The second-order valence-electron chi connectivity index (χ2n) is 17.8. The lowest BCUT2D eigenvalue weighted by molar-refractivity contribution is -0.142. The van der Waals surface area contributed by atoms with Crippen LogP contribution >= 0.6 is 0 Å². The molecule has 0 radical (unpaired) electrons. The van der Waals surface area contributed by atoms with Crippen molar-refractivity contribution >= 4 is 64.1 Å². The Labute approximate surface area is 424 Å². The Balaban J connectivity index is 1.22. The van der Waals surface area contributed by atoms with Crippen LogP contribution in [0.1, 0.15) is 42.7 Å². The third-order valence-corrected chi connectivity index (χ3v) is 11.5. The van der Waals surface area contributed by atoms with Gasteiger partial charge in [0, 0.05) is 54.7 Å². The van der Waals surface area contributed by atoms with Gasteiger partial charge in [-0.15, -0.1) is 0 Å². The van der Waals surface area contributed by atoms with E-state index >= 15 is 0 Å². The molecule has 0 aliphatic carbocycles. The lowest BCUT2D eigenvalue weighted by Crippen LogP contribution is -2.59. The summed E-state index contributed by atoms with van der Waals surface area (Å²) < 4.78 is 0. The van der Waals surface area contributed by atoms with Gasteiger partial charge in [0.25, 0.3) is 0 Å². The number of phenols is 1. The number of rotatable bonds is 28. The molecule has 24 heteroatoms. The Kier molecular flexibility index (Phi) is 21.2. The van der Waals surface area contributed by atoms with Crippen molar-refractivity contribution < 1.29 is 58.5 Å². The molecule has 2 heterocycles. The van der Waals surface area contributed by atoms with Crippen molar-refractivity contribution in [2.24, 2.45) is 11.7 Å². The van der Waals surface area contributed by atoms with E-state index in [4.69, 9.17) is 5.73 Å². The quantitative estimate of drug-likeness (QED) is 0.0260. The molecule has 24 nitrogen and oxygen atoms in total. The maximum absolute atomic E-state index is 14.0. The molecule has 74 heavy (non-hydrogen) atoms. The van der Waals surface area contributed by atoms with E-state index in [9.17, 15) is 58.5 Å². The highest BCUT2D eigenvalue weighted by atomic mass is 16.4. The molecule has 0 saturated heterocycles. The first-order valence-corrected chi connectivity index (χ1v) is 23.6. The smallest absolute Gasteiger partial charge is 0.326 e. The number of carbonyl (C=O) groups is 9. The topological polar surface area (TPSA) is 381 Å². The summed E-state index contributed by atoms with van der Waals surface area (Å²) in [4.78, 5) is 129. The molecule has 0 spiro atoms. The summed E-state index contributed by atoms with van der Waals surface area (Å²) in [5.74, 6) is -8.09. The Bertz CT molecular complexity index is 2710. The lowest BCUT2D eigenvalue weighted by Gasteiger charge is -2.25. The van der Waals surface area contributed by atoms with Crippen molar-refractivity contribution in [3.05, 3.63) is 120 Å². The number of hydrogen-bond donors (Lipinski definition) is 14. The maximum Gasteiger partial charge on any atom is 0.326 e. The number of benzene rings is 3. The van der Waals surface area contributed by atoms with E-state index in [1.54, 1.807) is 74.6 Å². The van der Waals surface area contributed by atoms with Gasteiger partial charge in [-0.25, -0.2) is 9.78 Å². The largest absolute Gasteiger partial charge is 0.508 e. The van der Waals surface area contributed by atoms with Gasteiger partial charge >= 0.3 is 5.97 Å². The van der Waals surface area contributed by atoms with Crippen molar-refractivity contribution in [2.45, 2.75) is 82.2 Å². The summed E-state index contributed by atoms with van der Waals surface area (Å²) >= 11 is 0. The van der Waals surface area contributed by atoms with E-state index in [2.05, 4.69) is 57.5 Å². The van der Waals surface area contributed by atoms with Crippen LogP contribution in [-0.2, 0) is 68.8 Å². The maximum atomic E-state index is 14.0. The van der Waals surface area contributed by atoms with Crippen LogP contribution in [0.4, 0.5) is 0 Å².